The lowest BCUT2D eigenvalue weighted by atomic mass is 10.1. The molecule has 35 heavy (non-hydrogen) atoms. The minimum Gasteiger partial charge on any atom is -0.489 e. The normalized spacial score (nSPS) is 14.8. The summed E-state index contributed by atoms with van der Waals surface area (Å²) >= 11 is 6.93. The molecular weight excluding hydrogens is 485 g/mol. The fourth-order valence-electron chi connectivity index (χ4n) is 3.88. The zero-order valence-electron chi connectivity index (χ0n) is 18.4. The van der Waals surface area contributed by atoms with E-state index in [0.717, 1.165) is 44.6 Å². The third-order valence-corrected chi connectivity index (χ3v) is 6.91. The van der Waals surface area contributed by atoms with Crippen molar-refractivity contribution in [1.82, 2.24) is 4.90 Å². The van der Waals surface area contributed by atoms with Gasteiger partial charge in [-0.1, -0.05) is 72.3 Å². The highest BCUT2D eigenvalue weighted by Crippen LogP contribution is 2.34. The van der Waals surface area contributed by atoms with Crippen molar-refractivity contribution in [1.29, 1.82) is 0 Å². The summed E-state index contributed by atoms with van der Waals surface area (Å²) in [5, 5.41) is 2.06. The number of imide groups is 1. The summed E-state index contributed by atoms with van der Waals surface area (Å²) in [5.74, 6) is -0.234. The molecule has 0 unspecified atom stereocenters. The maximum Gasteiger partial charge on any atom is 0.293 e. The molecule has 4 nitrogen and oxygen atoms in total. The fraction of sp³-hybridized carbons (Fsp3) is 0.0714. The minimum absolute atomic E-state index is 0.0185. The number of rotatable bonds is 6. The van der Waals surface area contributed by atoms with Crippen molar-refractivity contribution in [2.75, 3.05) is 0 Å². The van der Waals surface area contributed by atoms with Crippen LogP contribution in [0.25, 0.3) is 16.8 Å². The Morgan fingerprint density at radius 2 is 1.71 bits per heavy atom. The summed E-state index contributed by atoms with van der Waals surface area (Å²) in [6.45, 7) is 0.384. The number of amides is 2. The number of hydrogen-bond acceptors (Lipinski definition) is 4. The molecule has 1 fully saturated rings. The quantitative estimate of drug-likeness (QED) is 0.256. The molecule has 174 valence electrons. The number of nitrogens with zero attached hydrogens (tertiary/aromatic N) is 1. The number of benzene rings is 4. The molecule has 1 aliphatic heterocycles. The van der Waals surface area contributed by atoms with E-state index in [-0.39, 0.29) is 11.6 Å². The lowest BCUT2D eigenvalue weighted by Crippen LogP contribution is -2.27. The monoisotopic (exact) mass is 503 g/mol. The van der Waals surface area contributed by atoms with Crippen LogP contribution in [0.5, 0.6) is 5.75 Å². The van der Waals surface area contributed by atoms with Crippen LogP contribution in [0.4, 0.5) is 9.18 Å². The van der Waals surface area contributed by atoms with E-state index in [4.69, 9.17) is 16.3 Å². The number of thioether (sulfide) groups is 1. The molecule has 0 aliphatic carbocycles. The van der Waals surface area contributed by atoms with Crippen molar-refractivity contribution in [3.05, 3.63) is 117 Å². The highest BCUT2D eigenvalue weighted by molar-refractivity contribution is 8.18. The molecule has 1 aliphatic rings. The van der Waals surface area contributed by atoms with Gasteiger partial charge in [0.15, 0.2) is 0 Å². The van der Waals surface area contributed by atoms with Crippen LogP contribution < -0.4 is 4.74 Å². The molecule has 5 rings (SSSR count). The van der Waals surface area contributed by atoms with Gasteiger partial charge >= 0.3 is 0 Å². The van der Waals surface area contributed by atoms with Gasteiger partial charge in [-0.25, -0.2) is 4.39 Å². The van der Waals surface area contributed by atoms with E-state index in [9.17, 15) is 14.0 Å². The van der Waals surface area contributed by atoms with Crippen LogP contribution >= 0.6 is 23.4 Å². The van der Waals surface area contributed by atoms with E-state index in [1.165, 1.54) is 12.1 Å². The van der Waals surface area contributed by atoms with Gasteiger partial charge in [-0.15, -0.1) is 0 Å². The maximum atomic E-state index is 13.3. The van der Waals surface area contributed by atoms with E-state index >= 15 is 0 Å². The SMILES string of the molecule is O=C1S/C(=C/c2cccc(OCc3cccc4ccccc34)c2)C(=O)N1Cc1ccc(F)cc1Cl. The van der Waals surface area contributed by atoms with Crippen molar-refractivity contribution in [3.63, 3.8) is 0 Å². The zero-order valence-corrected chi connectivity index (χ0v) is 20.0. The highest BCUT2D eigenvalue weighted by atomic mass is 35.5. The molecule has 0 radical (unpaired) electrons. The molecule has 4 aromatic rings. The van der Waals surface area contributed by atoms with Crippen LogP contribution in [0.2, 0.25) is 5.02 Å². The van der Waals surface area contributed by atoms with E-state index in [1.807, 2.05) is 48.5 Å². The van der Waals surface area contributed by atoms with Crippen molar-refractivity contribution in [2.24, 2.45) is 0 Å². The average Bonchev–Trinajstić information content (AvgIpc) is 3.11. The minimum atomic E-state index is -0.477. The molecule has 1 heterocycles. The number of ether oxygens (including phenoxy) is 1. The summed E-state index contributed by atoms with van der Waals surface area (Å²) in [7, 11) is 0. The van der Waals surface area contributed by atoms with Gasteiger partial charge in [0, 0.05) is 5.02 Å². The Labute approximate surface area is 211 Å². The van der Waals surface area contributed by atoms with E-state index < -0.39 is 17.0 Å². The number of halogens is 2. The predicted molar refractivity (Wildman–Crippen MR) is 138 cm³/mol. The average molecular weight is 504 g/mol. The van der Waals surface area contributed by atoms with Crippen LogP contribution in [0.1, 0.15) is 16.7 Å². The van der Waals surface area contributed by atoms with Gasteiger partial charge in [0.2, 0.25) is 0 Å². The Bertz CT molecular complexity index is 1480. The van der Waals surface area contributed by atoms with Gasteiger partial charge in [0.1, 0.15) is 18.2 Å². The first-order valence-corrected chi connectivity index (χ1v) is 12.1. The number of carbonyl (C=O) groups excluding carboxylic acids is 2. The van der Waals surface area contributed by atoms with Crippen LogP contribution in [0.3, 0.4) is 0 Å². The first kappa shape index (κ1) is 23.1. The molecule has 0 spiro atoms. The van der Waals surface area contributed by atoms with Gasteiger partial charge in [0.25, 0.3) is 11.1 Å². The fourth-order valence-corrected chi connectivity index (χ4v) is 4.95. The topological polar surface area (TPSA) is 46.6 Å². The van der Waals surface area contributed by atoms with Crippen molar-refractivity contribution < 1.29 is 18.7 Å². The standard InChI is InChI=1S/C28H19ClFNO3S/c29-25-15-22(30)12-11-20(25)16-31-27(32)26(35-28(31)33)14-18-5-3-9-23(13-18)34-17-21-8-4-7-19-6-1-2-10-24(19)21/h1-15H,16-17H2/b26-14+. The second-order valence-corrected chi connectivity index (χ2v) is 9.40. The van der Waals surface area contributed by atoms with Crippen LogP contribution in [0.15, 0.2) is 89.8 Å². The molecule has 0 atom stereocenters. The smallest absolute Gasteiger partial charge is 0.293 e. The second kappa shape index (κ2) is 9.94. The van der Waals surface area contributed by atoms with Crippen molar-refractivity contribution >= 4 is 51.4 Å². The molecule has 2 amide bonds. The van der Waals surface area contributed by atoms with Crippen molar-refractivity contribution in [3.8, 4) is 5.75 Å². The van der Waals surface area contributed by atoms with Gasteiger partial charge in [-0.3, -0.25) is 14.5 Å². The third-order valence-electron chi connectivity index (χ3n) is 5.65. The first-order chi connectivity index (χ1) is 17.0. The summed E-state index contributed by atoms with van der Waals surface area (Å²) < 4.78 is 19.3. The van der Waals surface area contributed by atoms with Crippen molar-refractivity contribution in [2.45, 2.75) is 13.2 Å². The maximum absolute atomic E-state index is 13.3. The second-order valence-electron chi connectivity index (χ2n) is 8.00. The van der Waals surface area contributed by atoms with E-state index in [2.05, 4.69) is 18.2 Å². The van der Waals surface area contributed by atoms with Gasteiger partial charge < -0.3 is 4.74 Å². The van der Waals surface area contributed by atoms with Crippen LogP contribution in [-0.4, -0.2) is 16.0 Å². The predicted octanol–water partition coefficient (Wildman–Crippen LogP) is 7.45. The van der Waals surface area contributed by atoms with Gasteiger partial charge in [-0.05, 0) is 69.6 Å². The van der Waals surface area contributed by atoms with Crippen LogP contribution in [-0.2, 0) is 17.9 Å². The van der Waals surface area contributed by atoms with E-state index in [0.29, 0.717) is 22.8 Å². The molecule has 0 N–H and O–H groups in total. The number of hydrogen-bond donors (Lipinski definition) is 0. The molecule has 7 heteroatoms. The molecule has 4 aromatic carbocycles. The molecule has 0 bridgehead atoms. The van der Waals surface area contributed by atoms with Crippen LogP contribution in [0, 0.1) is 5.82 Å². The molecule has 0 saturated carbocycles. The largest absolute Gasteiger partial charge is 0.489 e. The molecule has 0 aromatic heterocycles. The zero-order chi connectivity index (χ0) is 24.4. The Morgan fingerprint density at radius 1 is 0.914 bits per heavy atom. The Kier molecular flexibility index (Phi) is 6.57. The Hall–Kier alpha value is -3.61. The lowest BCUT2D eigenvalue weighted by Gasteiger charge is -2.13. The Morgan fingerprint density at radius 3 is 2.57 bits per heavy atom. The number of carbonyl (C=O) groups is 2. The Balaban J connectivity index is 1.31. The third kappa shape index (κ3) is 5.09. The molecule has 1 saturated heterocycles. The highest BCUT2D eigenvalue weighted by Gasteiger charge is 2.35. The van der Waals surface area contributed by atoms with Gasteiger partial charge in [-0.2, -0.15) is 0 Å². The summed E-state index contributed by atoms with van der Waals surface area (Å²) in [6, 6.07) is 25.5. The summed E-state index contributed by atoms with van der Waals surface area (Å²) in [5.41, 5.74) is 2.32. The summed E-state index contributed by atoms with van der Waals surface area (Å²) in [4.78, 5) is 26.8. The summed E-state index contributed by atoms with van der Waals surface area (Å²) in [6.07, 6.45) is 1.67. The number of fused-ring (bicyclic) bond motifs is 1. The van der Waals surface area contributed by atoms with Gasteiger partial charge in [0.05, 0.1) is 11.4 Å². The lowest BCUT2D eigenvalue weighted by molar-refractivity contribution is -0.123. The first-order valence-electron chi connectivity index (χ1n) is 10.9. The van der Waals surface area contributed by atoms with E-state index in [1.54, 1.807) is 6.08 Å². The molecular formula is C28H19ClFNO3S.